The molecule has 1 unspecified atom stereocenters. The smallest absolute Gasteiger partial charge is 0.138 e. The van der Waals surface area contributed by atoms with Gasteiger partial charge in [-0.3, -0.25) is 4.79 Å². The van der Waals surface area contributed by atoms with Crippen LogP contribution < -0.4 is 0 Å². The van der Waals surface area contributed by atoms with Crippen molar-refractivity contribution in [1.82, 2.24) is 4.90 Å². The van der Waals surface area contributed by atoms with Gasteiger partial charge in [0.25, 0.3) is 0 Å². The summed E-state index contributed by atoms with van der Waals surface area (Å²) in [4.78, 5) is 13.1. The second-order valence-electron chi connectivity index (χ2n) is 10.0. The minimum absolute atomic E-state index is 0.267. The Kier molecular flexibility index (Phi) is 18.6. The van der Waals surface area contributed by atoms with Crippen LogP contribution >= 0.6 is 0 Å². The Balaban J connectivity index is 0.00000113. The molecule has 1 aliphatic heterocycles. The topological polar surface area (TPSA) is 20.3 Å². The molecule has 1 rings (SSSR count). The van der Waals surface area contributed by atoms with Crippen LogP contribution in [0.15, 0.2) is 0 Å². The van der Waals surface area contributed by atoms with Gasteiger partial charge >= 0.3 is 0 Å². The van der Waals surface area contributed by atoms with E-state index < -0.39 is 76.6 Å². The SMILES string of the molecule is CC1CN(C)CCC1=O.[B][B]B([B])B(B(B([B])[B])B([B])[B])B(B(B([B])[B])B([B])[B])B(B([B])[B])B([B])[B]. The van der Waals surface area contributed by atoms with Crippen molar-refractivity contribution in [3.05, 3.63) is 0 Å². The Morgan fingerprint density at radius 1 is 0.667 bits per heavy atom. The highest BCUT2D eigenvalue weighted by molar-refractivity contribution is 8.25. The van der Waals surface area contributed by atoms with Crippen LogP contribution in [-0.4, -0.2) is 223 Å². The van der Waals surface area contributed by atoms with Crippen LogP contribution in [0.3, 0.4) is 0 Å². The highest BCUT2D eigenvalue weighted by atomic mass is 16.1. The fraction of sp³-hybridized carbons (Fsp3) is 0.857. The van der Waals surface area contributed by atoms with Crippen LogP contribution in [0.25, 0.3) is 0 Å². The van der Waals surface area contributed by atoms with Crippen LogP contribution in [0, 0.1) is 5.92 Å². The van der Waals surface area contributed by atoms with E-state index in [0.717, 1.165) is 19.5 Å². The maximum absolute atomic E-state index is 10.9. The molecule has 0 amide bonds. The summed E-state index contributed by atoms with van der Waals surface area (Å²) in [6, 6.07) is 0. The van der Waals surface area contributed by atoms with Gasteiger partial charge in [0.1, 0.15) is 5.78 Å². The molecule has 0 aliphatic carbocycles. The van der Waals surface area contributed by atoms with E-state index in [0.29, 0.717) is 5.78 Å². The summed E-state index contributed by atoms with van der Waals surface area (Å²) in [5.74, 6) is 0.692. The van der Waals surface area contributed by atoms with Crippen molar-refractivity contribution in [3.8, 4) is 0 Å². The molecule has 0 N–H and O–H groups in total. The minimum atomic E-state index is -0.994. The van der Waals surface area contributed by atoms with Gasteiger partial charge in [0.15, 0.2) is 0 Å². The normalized spacial score (nSPS) is 14.7. The van der Waals surface area contributed by atoms with Gasteiger partial charge < -0.3 is 4.90 Å². The van der Waals surface area contributed by atoms with Crippen molar-refractivity contribution in [2.75, 3.05) is 20.1 Å². The predicted molar refractivity (Wildman–Crippen MR) is 192 cm³/mol. The highest BCUT2D eigenvalue weighted by Gasteiger charge is 2.50. The molecule has 0 saturated carbocycles. The molecule has 1 fully saturated rings. The van der Waals surface area contributed by atoms with E-state index in [2.05, 4.69) is 11.9 Å². The first-order valence-electron chi connectivity index (χ1n) is 12.1. The molecule has 29 heteroatoms. The molecular formula is C7H13B27NO. The van der Waals surface area contributed by atoms with Crippen molar-refractivity contribution in [2.24, 2.45) is 5.92 Å². The molecule has 0 bridgehead atoms. The number of hydrogen-bond donors (Lipinski definition) is 0. The first-order valence-corrected chi connectivity index (χ1v) is 12.1. The molecule has 1 heterocycles. The van der Waals surface area contributed by atoms with Gasteiger partial charge in [0.05, 0.1) is 0 Å². The Labute approximate surface area is 245 Å². The van der Waals surface area contributed by atoms with E-state index in [-0.39, 0.29) is 5.92 Å². The first kappa shape index (κ1) is 37.4. The summed E-state index contributed by atoms with van der Waals surface area (Å²) in [5, 5.41) is 0. The number of ketones is 1. The number of Topliss-reactive ketones (excluding diaryl/α,β-unsaturated/α-hetero) is 1. The largest absolute Gasteiger partial charge is 0.305 e. The van der Waals surface area contributed by atoms with Gasteiger partial charge in [-0.1, -0.05) is 6.92 Å². The molecule has 0 aromatic rings. The van der Waals surface area contributed by atoms with Gasteiger partial charge in [-0.25, -0.2) is 0 Å². The van der Waals surface area contributed by atoms with Crippen molar-refractivity contribution >= 4 is 198 Å². The number of carbonyl (C=O) groups excluding carboxylic acids is 1. The lowest BCUT2D eigenvalue weighted by Crippen LogP contribution is -2.86. The molecule has 1 aliphatic rings. The van der Waals surface area contributed by atoms with Crippen molar-refractivity contribution in [3.63, 3.8) is 0 Å². The second kappa shape index (κ2) is 17.9. The highest BCUT2D eigenvalue weighted by Crippen LogP contribution is 2.12. The van der Waals surface area contributed by atoms with Crippen LogP contribution in [0.4, 0.5) is 0 Å². The zero-order valence-electron chi connectivity index (χ0n) is 21.6. The van der Waals surface area contributed by atoms with E-state index in [1.54, 1.807) is 0 Å². The minimum Gasteiger partial charge on any atom is -0.305 e. The Morgan fingerprint density at radius 3 is 1.25 bits per heavy atom. The molecule has 0 aromatic heterocycles. The third kappa shape index (κ3) is 11.5. The van der Waals surface area contributed by atoms with Crippen molar-refractivity contribution in [2.45, 2.75) is 13.3 Å². The van der Waals surface area contributed by atoms with Crippen molar-refractivity contribution < 1.29 is 4.79 Å². The summed E-state index contributed by atoms with van der Waals surface area (Å²) in [5.41, 5.74) is 0. The van der Waals surface area contributed by atoms with E-state index in [1.807, 2.05) is 6.92 Å². The predicted octanol–water partition coefficient (Wildman–Crippen LogP) is -9.75. The third-order valence-corrected chi connectivity index (χ3v) is 6.99. The van der Waals surface area contributed by atoms with Gasteiger partial charge in [-0.05, 0) is 7.05 Å². The molecule has 2 nitrogen and oxygen atoms in total. The zero-order valence-corrected chi connectivity index (χ0v) is 21.6. The van der Waals surface area contributed by atoms with E-state index in [9.17, 15) is 4.79 Å². The Morgan fingerprint density at radius 2 is 1.00 bits per heavy atom. The number of rotatable bonds is 12. The standard InChI is InChI=1S/C7H13NO.B27/c1-6-5-8(2)4-3-7(6)9;1-15-22(14)26(23(16(2)3)17(4)5)27(24(18(6)7)19(8)9)25(20(10)11)21(12)13/h6H,3-5H2,1-2H3;. The van der Waals surface area contributed by atoms with E-state index >= 15 is 0 Å². The number of nitrogens with zero attached hydrogens (tertiary/aromatic N) is 1. The molecule has 1 saturated heterocycles. The summed E-state index contributed by atoms with van der Waals surface area (Å²) >= 11 is 0. The third-order valence-electron chi connectivity index (χ3n) is 6.99. The quantitative estimate of drug-likeness (QED) is 0.293. The fourth-order valence-corrected chi connectivity index (χ4v) is 5.19. The average Bonchev–Trinajstić information content (AvgIpc) is 2.72. The average molecular weight is 419 g/mol. The molecule has 1 atom stereocenters. The summed E-state index contributed by atoms with van der Waals surface area (Å²) in [6.45, 7) is 3.89. The summed E-state index contributed by atoms with van der Waals surface area (Å²) < 4.78 is 0. The fourth-order valence-electron chi connectivity index (χ4n) is 5.19. The zero-order chi connectivity index (χ0) is 28.5. The number of carbonyl (C=O) groups is 1. The maximum Gasteiger partial charge on any atom is 0.138 e. The number of likely N-dealkylation sites (tertiary alicyclic amines) is 1. The summed E-state index contributed by atoms with van der Waals surface area (Å²) in [7, 11) is 86.6. The van der Waals surface area contributed by atoms with Crippen LogP contribution in [-0.2, 0) is 4.79 Å². The molecule has 36 heavy (non-hydrogen) atoms. The molecule has 0 aromatic carbocycles. The van der Waals surface area contributed by atoms with E-state index in [1.165, 1.54) is 7.06 Å². The van der Waals surface area contributed by atoms with Gasteiger partial charge in [0.2, 0.25) is 0 Å². The van der Waals surface area contributed by atoms with Crippen LogP contribution in [0.1, 0.15) is 13.3 Å². The van der Waals surface area contributed by atoms with Crippen LogP contribution in [0.5, 0.6) is 0 Å². The van der Waals surface area contributed by atoms with Gasteiger partial charge in [-0.2, -0.15) is 0 Å². The number of piperidine rings is 1. The molecule has 0 spiro atoms. The van der Waals surface area contributed by atoms with Gasteiger partial charge in [0, 0.05) is 217 Å². The lowest BCUT2D eigenvalue weighted by molar-refractivity contribution is -0.125. The Hall–Kier alpha value is 1.38. The monoisotopic (exact) mass is 424 g/mol. The molecule has 133 valence electrons. The van der Waals surface area contributed by atoms with E-state index in [4.69, 9.17) is 108 Å². The maximum atomic E-state index is 10.9. The first-order chi connectivity index (χ1) is 16.5. The molecule has 29 radical (unpaired) electrons. The second-order valence-corrected chi connectivity index (χ2v) is 10.0. The molecular weight excluding hydrogens is 406 g/mol. The van der Waals surface area contributed by atoms with Gasteiger partial charge in [-0.15, -0.1) is 0 Å². The van der Waals surface area contributed by atoms with Crippen molar-refractivity contribution in [1.29, 1.82) is 0 Å². The lowest BCUT2D eigenvalue weighted by atomic mass is 8.33. The number of hydrogen-bond acceptors (Lipinski definition) is 2. The lowest BCUT2D eigenvalue weighted by Gasteiger charge is -2.48. The van der Waals surface area contributed by atoms with Crippen LogP contribution in [0.2, 0.25) is 0 Å². The summed E-state index contributed by atoms with van der Waals surface area (Å²) in [6.07, 6.45) is -9.79. The Bertz CT molecular complexity index is 571.